The molecule has 2 heterocycles. The van der Waals surface area contributed by atoms with E-state index in [1.165, 1.54) is 22.7 Å². The number of nitrogens with zero attached hydrogens (tertiary/aromatic N) is 1. The van der Waals surface area contributed by atoms with Crippen molar-refractivity contribution in [2.45, 2.75) is 17.5 Å². The largest absolute Gasteiger partial charge is 0.489 e. The summed E-state index contributed by atoms with van der Waals surface area (Å²) in [4.78, 5) is 41.6. The van der Waals surface area contributed by atoms with Crippen molar-refractivity contribution >= 4 is 29.5 Å². The normalized spacial score (nSPS) is 17.2. The molecule has 6 rings (SSSR count). The molecule has 11 heteroatoms. The number of rotatable bonds is 11. The summed E-state index contributed by atoms with van der Waals surface area (Å²) in [5.41, 5.74) is 1.85. The van der Waals surface area contributed by atoms with Gasteiger partial charge in [-0.05, 0) is 35.4 Å². The number of para-hydroxylation sites is 1. The van der Waals surface area contributed by atoms with Crippen LogP contribution in [0.15, 0.2) is 120 Å². The van der Waals surface area contributed by atoms with Gasteiger partial charge in [-0.1, -0.05) is 78.9 Å². The van der Waals surface area contributed by atoms with Gasteiger partial charge in [0.2, 0.25) is 0 Å². The van der Waals surface area contributed by atoms with Crippen LogP contribution in [0.2, 0.25) is 0 Å². The zero-order chi connectivity index (χ0) is 32.0. The minimum absolute atomic E-state index is 0.0146. The summed E-state index contributed by atoms with van der Waals surface area (Å²) in [5, 5.41) is 2.12. The Morgan fingerprint density at radius 2 is 1.46 bits per heavy atom. The van der Waals surface area contributed by atoms with Gasteiger partial charge in [0, 0.05) is 17.4 Å². The number of fused-ring (bicyclic) bond motifs is 1. The average molecular weight is 643 g/mol. The van der Waals surface area contributed by atoms with E-state index in [0.29, 0.717) is 11.3 Å². The van der Waals surface area contributed by atoms with Crippen molar-refractivity contribution < 1.29 is 37.4 Å². The van der Waals surface area contributed by atoms with E-state index >= 15 is 0 Å². The molecule has 46 heavy (non-hydrogen) atoms. The van der Waals surface area contributed by atoms with Crippen molar-refractivity contribution in [3.8, 4) is 11.5 Å². The molecule has 4 aromatic carbocycles. The zero-order valence-electron chi connectivity index (χ0n) is 24.3. The van der Waals surface area contributed by atoms with Gasteiger partial charge in [-0.3, -0.25) is 14.5 Å². The highest BCUT2D eigenvalue weighted by molar-refractivity contribution is 8.00. The van der Waals surface area contributed by atoms with Gasteiger partial charge in [0.05, 0.1) is 0 Å². The SMILES string of the molecule is O=C(COc1ccccc1)NC1C(=O)N2C(C(=O)OC(c3ccccc3)c3ccccc3)=C(COc3ccc(F)c(F)c3)CS[C@H]12. The zero-order valence-corrected chi connectivity index (χ0v) is 25.1. The Labute approximate surface area is 268 Å². The van der Waals surface area contributed by atoms with Crippen LogP contribution in [-0.4, -0.2) is 53.1 Å². The first-order valence-corrected chi connectivity index (χ1v) is 15.5. The Balaban J connectivity index is 1.25. The smallest absolute Gasteiger partial charge is 0.356 e. The molecule has 1 N–H and O–H groups in total. The minimum atomic E-state index is -1.08. The fourth-order valence-corrected chi connectivity index (χ4v) is 6.47. The van der Waals surface area contributed by atoms with Crippen LogP contribution in [0.3, 0.4) is 0 Å². The topological polar surface area (TPSA) is 94.2 Å². The molecule has 0 aromatic heterocycles. The van der Waals surface area contributed by atoms with Crippen molar-refractivity contribution in [1.82, 2.24) is 10.2 Å². The summed E-state index contributed by atoms with van der Waals surface area (Å²) in [7, 11) is 0. The average Bonchev–Trinajstić information content (AvgIpc) is 3.09. The summed E-state index contributed by atoms with van der Waals surface area (Å²) in [5.74, 6) is -3.05. The maximum Gasteiger partial charge on any atom is 0.356 e. The molecule has 0 saturated carbocycles. The number of hydrogen-bond acceptors (Lipinski definition) is 7. The van der Waals surface area contributed by atoms with Crippen LogP contribution in [0, 0.1) is 11.6 Å². The first-order valence-electron chi connectivity index (χ1n) is 14.4. The van der Waals surface area contributed by atoms with Crippen LogP contribution in [-0.2, 0) is 19.1 Å². The molecule has 1 fully saturated rings. The molecule has 0 radical (unpaired) electrons. The van der Waals surface area contributed by atoms with E-state index in [4.69, 9.17) is 14.2 Å². The summed E-state index contributed by atoms with van der Waals surface area (Å²) >= 11 is 1.33. The molecular formula is C35H28F2N2O6S. The fraction of sp³-hybridized carbons (Fsp3) is 0.171. The Bertz CT molecular complexity index is 1720. The Morgan fingerprint density at radius 3 is 2.09 bits per heavy atom. The highest BCUT2D eigenvalue weighted by Crippen LogP contribution is 2.42. The molecule has 0 spiro atoms. The predicted octanol–water partition coefficient (Wildman–Crippen LogP) is 5.41. The molecule has 0 aliphatic carbocycles. The number of benzene rings is 4. The van der Waals surface area contributed by atoms with Crippen molar-refractivity contribution in [3.63, 3.8) is 0 Å². The van der Waals surface area contributed by atoms with Gasteiger partial charge in [-0.15, -0.1) is 11.8 Å². The molecule has 0 bridgehead atoms. The number of halogens is 2. The third-order valence-corrected chi connectivity index (χ3v) is 8.74. The summed E-state index contributed by atoms with van der Waals surface area (Å²) < 4.78 is 44.7. The maximum atomic E-state index is 14.0. The minimum Gasteiger partial charge on any atom is -0.489 e. The Kier molecular flexibility index (Phi) is 9.30. The van der Waals surface area contributed by atoms with Gasteiger partial charge < -0.3 is 19.5 Å². The fourth-order valence-electron chi connectivity index (χ4n) is 5.15. The Hall–Kier alpha value is -5.16. The lowest BCUT2D eigenvalue weighted by Gasteiger charge is -2.49. The number of amides is 2. The number of hydrogen-bond donors (Lipinski definition) is 1. The third-order valence-electron chi connectivity index (χ3n) is 7.40. The molecule has 1 saturated heterocycles. The van der Waals surface area contributed by atoms with E-state index in [0.717, 1.165) is 23.3 Å². The van der Waals surface area contributed by atoms with Gasteiger partial charge in [0.15, 0.2) is 24.3 Å². The lowest BCUT2D eigenvalue weighted by molar-refractivity contribution is -0.155. The van der Waals surface area contributed by atoms with Crippen LogP contribution >= 0.6 is 11.8 Å². The second-order valence-electron chi connectivity index (χ2n) is 10.5. The van der Waals surface area contributed by atoms with Crippen molar-refractivity contribution in [2.24, 2.45) is 0 Å². The number of esters is 1. The standard InChI is InChI=1S/C35H28F2N2O6S/c36-27-17-16-26(18-28(27)37)43-19-24-21-46-34-30(38-29(40)20-44-25-14-8-3-9-15-25)33(41)39(34)31(24)35(42)45-32(22-10-4-1-5-11-22)23-12-6-2-7-13-23/h1-18,30,32,34H,19-21H2,(H,38,40)/t30?,34-/m1/s1. The van der Waals surface area contributed by atoms with E-state index in [9.17, 15) is 23.2 Å². The maximum absolute atomic E-state index is 14.0. The predicted molar refractivity (Wildman–Crippen MR) is 167 cm³/mol. The lowest BCUT2D eigenvalue weighted by Crippen LogP contribution is -2.71. The summed E-state index contributed by atoms with van der Waals surface area (Å²) in [6, 6.07) is 29.4. The van der Waals surface area contributed by atoms with Crippen LogP contribution in [0.1, 0.15) is 17.2 Å². The molecule has 2 atom stereocenters. The highest BCUT2D eigenvalue weighted by Gasteiger charge is 2.54. The van der Waals surface area contributed by atoms with Gasteiger partial charge in [0.25, 0.3) is 11.8 Å². The number of ether oxygens (including phenoxy) is 3. The lowest BCUT2D eigenvalue weighted by atomic mass is 10.0. The quantitative estimate of drug-likeness (QED) is 0.173. The number of nitrogens with one attached hydrogen (secondary N) is 1. The molecule has 4 aromatic rings. The van der Waals surface area contributed by atoms with E-state index in [-0.39, 0.29) is 30.4 Å². The van der Waals surface area contributed by atoms with Crippen LogP contribution in [0.5, 0.6) is 11.5 Å². The number of β-lactam (4-membered cyclic amide) rings is 1. The van der Waals surface area contributed by atoms with Crippen LogP contribution < -0.4 is 14.8 Å². The second-order valence-corrected chi connectivity index (χ2v) is 11.6. The molecular weight excluding hydrogens is 614 g/mol. The van der Waals surface area contributed by atoms with Crippen molar-refractivity contribution in [3.05, 3.63) is 143 Å². The molecule has 2 amide bonds. The molecule has 234 valence electrons. The van der Waals surface area contributed by atoms with Gasteiger partial charge in [-0.25, -0.2) is 13.6 Å². The molecule has 2 aliphatic heterocycles. The summed E-state index contributed by atoms with van der Waals surface area (Å²) in [6.07, 6.45) is -0.786. The molecule has 8 nitrogen and oxygen atoms in total. The van der Waals surface area contributed by atoms with Crippen LogP contribution in [0.4, 0.5) is 8.78 Å². The van der Waals surface area contributed by atoms with E-state index in [1.54, 1.807) is 24.3 Å². The monoisotopic (exact) mass is 642 g/mol. The first-order chi connectivity index (χ1) is 22.4. The Morgan fingerprint density at radius 1 is 0.826 bits per heavy atom. The van der Waals surface area contributed by atoms with E-state index in [2.05, 4.69) is 5.32 Å². The number of thioether (sulfide) groups is 1. The number of carbonyl (C=O) groups excluding carboxylic acids is 3. The van der Waals surface area contributed by atoms with Gasteiger partial charge in [-0.2, -0.15) is 0 Å². The number of carbonyl (C=O) groups is 3. The second kappa shape index (κ2) is 13.9. The van der Waals surface area contributed by atoms with Gasteiger partial charge >= 0.3 is 5.97 Å². The van der Waals surface area contributed by atoms with Crippen LogP contribution in [0.25, 0.3) is 0 Å². The van der Waals surface area contributed by atoms with Crippen molar-refractivity contribution in [2.75, 3.05) is 19.0 Å². The van der Waals surface area contributed by atoms with E-state index in [1.807, 2.05) is 66.7 Å². The van der Waals surface area contributed by atoms with Gasteiger partial charge in [0.1, 0.15) is 35.2 Å². The first kappa shape index (κ1) is 30.8. The summed E-state index contributed by atoms with van der Waals surface area (Å²) in [6.45, 7) is -0.485. The molecule has 1 unspecified atom stereocenters. The third kappa shape index (κ3) is 6.74. The highest BCUT2D eigenvalue weighted by atomic mass is 32.2. The molecule has 2 aliphatic rings. The van der Waals surface area contributed by atoms with E-state index < -0.39 is 46.9 Å². The van der Waals surface area contributed by atoms with Crippen molar-refractivity contribution in [1.29, 1.82) is 0 Å².